The van der Waals surface area contributed by atoms with Crippen molar-refractivity contribution >= 4 is 11.4 Å². The summed E-state index contributed by atoms with van der Waals surface area (Å²) in [6.07, 6.45) is 1.00. The second-order valence-corrected chi connectivity index (χ2v) is 8.27. The van der Waals surface area contributed by atoms with Gasteiger partial charge in [-0.1, -0.05) is 36.4 Å². The fourth-order valence-corrected chi connectivity index (χ4v) is 4.76. The Labute approximate surface area is 171 Å². The summed E-state index contributed by atoms with van der Waals surface area (Å²) in [7, 11) is 4.12. The molecule has 4 nitrogen and oxygen atoms in total. The van der Waals surface area contributed by atoms with Crippen molar-refractivity contribution in [3.8, 4) is 11.5 Å². The van der Waals surface area contributed by atoms with Gasteiger partial charge in [0.1, 0.15) is 11.5 Å². The van der Waals surface area contributed by atoms with Gasteiger partial charge in [-0.3, -0.25) is 0 Å². The van der Waals surface area contributed by atoms with Crippen LogP contribution >= 0.6 is 0 Å². The van der Waals surface area contributed by atoms with Crippen LogP contribution in [0, 0.1) is 5.92 Å². The van der Waals surface area contributed by atoms with Gasteiger partial charge in [0.25, 0.3) is 0 Å². The van der Waals surface area contributed by atoms with Crippen molar-refractivity contribution < 1.29 is 9.84 Å². The Hall–Kier alpha value is -3.14. The summed E-state index contributed by atoms with van der Waals surface area (Å²) in [6, 6.07) is 23.2. The van der Waals surface area contributed by atoms with Gasteiger partial charge >= 0.3 is 0 Å². The van der Waals surface area contributed by atoms with E-state index in [1.807, 2.05) is 6.07 Å². The van der Waals surface area contributed by atoms with E-state index in [1.165, 1.54) is 22.5 Å². The molecule has 0 amide bonds. The Morgan fingerprint density at radius 2 is 1.79 bits per heavy atom. The van der Waals surface area contributed by atoms with Crippen LogP contribution in [-0.4, -0.2) is 31.9 Å². The fourth-order valence-electron chi connectivity index (χ4n) is 4.76. The first-order valence-corrected chi connectivity index (χ1v) is 10.2. The lowest BCUT2D eigenvalue weighted by Crippen LogP contribution is -2.39. The number of benzene rings is 3. The molecule has 0 fully saturated rings. The van der Waals surface area contributed by atoms with Crippen LogP contribution in [0.15, 0.2) is 66.7 Å². The molecular weight excluding hydrogens is 360 g/mol. The second kappa shape index (κ2) is 7.03. The summed E-state index contributed by atoms with van der Waals surface area (Å²) < 4.78 is 6.13. The predicted molar refractivity (Wildman–Crippen MR) is 117 cm³/mol. The number of nitrogens with one attached hydrogen (secondary N) is 1. The van der Waals surface area contributed by atoms with Crippen LogP contribution in [0.4, 0.5) is 11.4 Å². The summed E-state index contributed by atoms with van der Waals surface area (Å²) in [5.41, 5.74) is 6.23. The highest BCUT2D eigenvalue weighted by Gasteiger charge is 2.39. The molecule has 148 valence electrons. The van der Waals surface area contributed by atoms with E-state index in [0.29, 0.717) is 18.6 Å². The highest BCUT2D eigenvalue weighted by molar-refractivity contribution is 5.58. The van der Waals surface area contributed by atoms with E-state index in [1.54, 1.807) is 12.1 Å². The Kier molecular flexibility index (Phi) is 4.35. The van der Waals surface area contributed by atoms with Crippen LogP contribution in [0.1, 0.15) is 22.6 Å². The summed E-state index contributed by atoms with van der Waals surface area (Å²) in [5, 5.41) is 13.7. The lowest BCUT2D eigenvalue weighted by molar-refractivity contribution is 0.189. The number of fused-ring (bicyclic) bond motifs is 2. The predicted octanol–water partition coefficient (Wildman–Crippen LogP) is 4.64. The molecule has 2 heterocycles. The molecule has 4 heteroatoms. The van der Waals surface area contributed by atoms with Crippen LogP contribution in [-0.2, 0) is 6.42 Å². The lowest BCUT2D eigenvalue weighted by atomic mass is 9.75. The molecule has 3 aromatic rings. The number of nitrogens with zero attached hydrogens (tertiary/aromatic N) is 1. The maximum atomic E-state index is 9.94. The molecule has 3 aromatic carbocycles. The molecule has 0 saturated carbocycles. The minimum absolute atomic E-state index is 0.211. The molecule has 2 N–H and O–H groups in total. The molecular formula is C25H26N2O2. The monoisotopic (exact) mass is 386 g/mol. The topological polar surface area (TPSA) is 44.7 Å². The number of para-hydroxylation sites is 1. The first-order valence-electron chi connectivity index (χ1n) is 10.2. The second-order valence-electron chi connectivity index (χ2n) is 8.27. The normalized spacial score (nSPS) is 22.2. The van der Waals surface area contributed by atoms with Crippen molar-refractivity contribution in [2.24, 2.45) is 5.92 Å². The highest BCUT2D eigenvalue weighted by atomic mass is 16.5. The third kappa shape index (κ3) is 3.19. The maximum Gasteiger partial charge on any atom is 0.126 e. The number of rotatable bonds is 3. The molecule has 2 aliphatic heterocycles. The van der Waals surface area contributed by atoms with Gasteiger partial charge in [-0.05, 0) is 41.8 Å². The van der Waals surface area contributed by atoms with Gasteiger partial charge in [-0.2, -0.15) is 0 Å². The van der Waals surface area contributed by atoms with Crippen LogP contribution in [0.25, 0.3) is 0 Å². The summed E-state index contributed by atoms with van der Waals surface area (Å²) >= 11 is 0. The molecule has 3 atom stereocenters. The molecule has 0 radical (unpaired) electrons. The zero-order chi connectivity index (χ0) is 20.0. The largest absolute Gasteiger partial charge is 0.508 e. The SMILES string of the molecule is CN(C)c1ccc(C2c3ccc(O)cc3OCC2C2Cc3ccccc3N2)cc1. The van der Waals surface area contributed by atoms with Gasteiger partial charge in [-0.15, -0.1) is 0 Å². The maximum absolute atomic E-state index is 9.94. The quantitative estimate of drug-likeness (QED) is 0.689. The number of anilines is 2. The van der Waals surface area contributed by atoms with Crippen molar-refractivity contribution in [1.82, 2.24) is 0 Å². The molecule has 0 aromatic heterocycles. The van der Waals surface area contributed by atoms with E-state index >= 15 is 0 Å². The molecule has 0 spiro atoms. The molecule has 29 heavy (non-hydrogen) atoms. The Morgan fingerprint density at radius 1 is 1.00 bits per heavy atom. The number of phenolic OH excluding ortho intramolecular Hbond substituents is 1. The van der Waals surface area contributed by atoms with Gasteiger partial charge in [0.2, 0.25) is 0 Å². The van der Waals surface area contributed by atoms with Crippen molar-refractivity contribution in [3.63, 3.8) is 0 Å². The van der Waals surface area contributed by atoms with Gasteiger partial charge in [0.05, 0.1) is 6.61 Å². The first kappa shape index (κ1) is 17.9. The van der Waals surface area contributed by atoms with E-state index in [2.05, 4.69) is 72.8 Å². The van der Waals surface area contributed by atoms with Crippen LogP contribution in [0.2, 0.25) is 0 Å². The van der Waals surface area contributed by atoms with E-state index in [9.17, 15) is 5.11 Å². The van der Waals surface area contributed by atoms with Crippen LogP contribution in [0.3, 0.4) is 0 Å². The summed E-state index contributed by atoms with van der Waals surface area (Å²) in [5.74, 6) is 1.54. The van der Waals surface area contributed by atoms with E-state index in [0.717, 1.165) is 17.7 Å². The zero-order valence-corrected chi connectivity index (χ0v) is 16.8. The average molecular weight is 386 g/mol. The van der Waals surface area contributed by atoms with Crippen molar-refractivity contribution in [2.45, 2.75) is 18.4 Å². The molecule has 0 aliphatic carbocycles. The third-order valence-electron chi connectivity index (χ3n) is 6.28. The molecule has 3 unspecified atom stereocenters. The smallest absolute Gasteiger partial charge is 0.126 e. The number of phenols is 1. The van der Waals surface area contributed by atoms with Crippen LogP contribution in [0.5, 0.6) is 11.5 Å². The molecule has 2 aliphatic rings. The van der Waals surface area contributed by atoms with Crippen molar-refractivity contribution in [1.29, 1.82) is 0 Å². The molecule has 0 saturated heterocycles. The van der Waals surface area contributed by atoms with E-state index < -0.39 is 0 Å². The van der Waals surface area contributed by atoms with Gasteiger partial charge in [0, 0.05) is 55.0 Å². The highest BCUT2D eigenvalue weighted by Crippen LogP contribution is 2.46. The van der Waals surface area contributed by atoms with E-state index in [4.69, 9.17) is 4.74 Å². The lowest BCUT2D eigenvalue weighted by Gasteiger charge is -2.37. The van der Waals surface area contributed by atoms with E-state index in [-0.39, 0.29) is 11.7 Å². The summed E-state index contributed by atoms with van der Waals surface area (Å²) in [6.45, 7) is 0.627. The Bertz CT molecular complexity index is 1000. The minimum atomic E-state index is 0.211. The van der Waals surface area contributed by atoms with Gasteiger partial charge < -0.3 is 20.1 Å². The first-order chi connectivity index (χ1) is 14.1. The van der Waals surface area contributed by atoms with Gasteiger partial charge in [0.15, 0.2) is 0 Å². The Balaban J connectivity index is 1.54. The number of aromatic hydroxyl groups is 1. The van der Waals surface area contributed by atoms with Crippen molar-refractivity contribution in [2.75, 3.05) is 30.9 Å². The number of hydrogen-bond donors (Lipinski definition) is 2. The molecule has 0 bridgehead atoms. The number of hydrogen-bond acceptors (Lipinski definition) is 4. The minimum Gasteiger partial charge on any atom is -0.508 e. The summed E-state index contributed by atoms with van der Waals surface area (Å²) in [4.78, 5) is 2.12. The standard InChI is InChI=1S/C25H26N2O2/c1-27(2)18-9-7-16(8-10-18)25-20-12-11-19(28)14-24(20)29-15-21(25)23-13-17-5-3-4-6-22(17)26-23/h3-12,14,21,23,25-26,28H,13,15H2,1-2H3. The Morgan fingerprint density at radius 3 is 2.55 bits per heavy atom. The average Bonchev–Trinajstić information content (AvgIpc) is 3.17. The van der Waals surface area contributed by atoms with Gasteiger partial charge in [-0.25, -0.2) is 0 Å². The zero-order valence-electron chi connectivity index (χ0n) is 16.8. The van der Waals surface area contributed by atoms with Crippen molar-refractivity contribution in [3.05, 3.63) is 83.4 Å². The third-order valence-corrected chi connectivity index (χ3v) is 6.28. The van der Waals surface area contributed by atoms with Crippen LogP contribution < -0.4 is 15.0 Å². The molecule has 5 rings (SSSR count). The fraction of sp³-hybridized carbons (Fsp3) is 0.280. The number of ether oxygens (including phenoxy) is 1.